The van der Waals surface area contributed by atoms with Crippen molar-refractivity contribution < 1.29 is 14.7 Å². The first-order valence-corrected chi connectivity index (χ1v) is 7.32. The van der Waals surface area contributed by atoms with Gasteiger partial charge in [-0.3, -0.25) is 4.79 Å². The van der Waals surface area contributed by atoms with Crippen molar-refractivity contribution in [2.24, 2.45) is 5.41 Å². The molecular formula is C14H27N3O3. The van der Waals surface area contributed by atoms with Crippen molar-refractivity contribution >= 4 is 12.0 Å². The molecule has 1 aliphatic heterocycles. The molecule has 0 aromatic heterocycles. The van der Waals surface area contributed by atoms with Gasteiger partial charge < -0.3 is 20.2 Å². The normalized spacial score (nSPS) is 22.9. The smallest absolute Gasteiger partial charge is 0.317 e. The first-order valence-electron chi connectivity index (χ1n) is 7.32. The minimum Gasteiger partial charge on any atom is -0.481 e. The van der Waals surface area contributed by atoms with Crippen molar-refractivity contribution in [2.75, 3.05) is 40.3 Å². The number of likely N-dealkylation sites (tertiary alicyclic amines) is 1. The number of carbonyl (C=O) groups excluding carboxylic acids is 1. The summed E-state index contributed by atoms with van der Waals surface area (Å²) in [6, 6.07) is -0.137. The van der Waals surface area contributed by atoms with E-state index in [9.17, 15) is 14.7 Å². The Morgan fingerprint density at radius 1 is 1.40 bits per heavy atom. The van der Waals surface area contributed by atoms with Crippen LogP contribution < -0.4 is 5.32 Å². The van der Waals surface area contributed by atoms with Crippen LogP contribution in [0.2, 0.25) is 0 Å². The molecule has 0 bridgehead atoms. The second kappa shape index (κ2) is 7.47. The maximum Gasteiger partial charge on any atom is 0.317 e. The van der Waals surface area contributed by atoms with Crippen molar-refractivity contribution in [1.82, 2.24) is 15.1 Å². The molecule has 116 valence electrons. The van der Waals surface area contributed by atoms with Crippen LogP contribution in [0.4, 0.5) is 4.79 Å². The Kier molecular flexibility index (Phi) is 6.26. The van der Waals surface area contributed by atoms with E-state index in [1.54, 1.807) is 4.90 Å². The molecule has 20 heavy (non-hydrogen) atoms. The molecule has 0 radical (unpaired) electrons. The zero-order chi connectivity index (χ0) is 15.2. The first kappa shape index (κ1) is 16.8. The molecule has 1 saturated heterocycles. The third-order valence-corrected chi connectivity index (χ3v) is 4.05. The lowest BCUT2D eigenvalue weighted by atomic mass is 9.78. The fourth-order valence-electron chi connectivity index (χ4n) is 2.62. The van der Waals surface area contributed by atoms with E-state index in [2.05, 4.69) is 10.2 Å². The molecule has 2 N–H and O–H groups in total. The average molecular weight is 285 g/mol. The van der Waals surface area contributed by atoms with Gasteiger partial charge in [0.15, 0.2) is 0 Å². The molecule has 1 rings (SSSR count). The SMILES string of the molecule is CCC1(C(=O)O)CCCN(C(=O)NCCCN(C)C)C1. The van der Waals surface area contributed by atoms with Crippen LogP contribution in [-0.4, -0.2) is 67.2 Å². The van der Waals surface area contributed by atoms with Crippen LogP contribution in [0.1, 0.15) is 32.6 Å². The first-order chi connectivity index (χ1) is 9.41. The molecule has 0 saturated carbocycles. The Balaban J connectivity index is 2.46. The standard InChI is InChI=1S/C14H27N3O3/c1-4-14(12(18)19)7-5-10-17(11-14)13(20)15-8-6-9-16(2)3/h4-11H2,1-3H3,(H,15,20)(H,18,19). The topological polar surface area (TPSA) is 72.9 Å². The zero-order valence-electron chi connectivity index (χ0n) is 12.8. The fourth-order valence-corrected chi connectivity index (χ4v) is 2.62. The lowest BCUT2D eigenvalue weighted by molar-refractivity contribution is -0.152. The van der Waals surface area contributed by atoms with Gasteiger partial charge in [-0.15, -0.1) is 0 Å². The Morgan fingerprint density at radius 3 is 2.65 bits per heavy atom. The summed E-state index contributed by atoms with van der Waals surface area (Å²) >= 11 is 0. The summed E-state index contributed by atoms with van der Waals surface area (Å²) in [6.07, 6.45) is 2.87. The van der Waals surface area contributed by atoms with Crippen LogP contribution in [0.3, 0.4) is 0 Å². The highest BCUT2D eigenvalue weighted by atomic mass is 16.4. The number of carboxylic acid groups (broad SMARTS) is 1. The van der Waals surface area contributed by atoms with Gasteiger partial charge in [0.1, 0.15) is 0 Å². The fraction of sp³-hybridized carbons (Fsp3) is 0.857. The summed E-state index contributed by atoms with van der Waals surface area (Å²) in [4.78, 5) is 27.2. The van der Waals surface area contributed by atoms with E-state index in [0.29, 0.717) is 32.5 Å². The van der Waals surface area contributed by atoms with Crippen molar-refractivity contribution in [3.8, 4) is 0 Å². The van der Waals surface area contributed by atoms with E-state index >= 15 is 0 Å². The highest BCUT2D eigenvalue weighted by Crippen LogP contribution is 2.33. The van der Waals surface area contributed by atoms with Crippen molar-refractivity contribution in [2.45, 2.75) is 32.6 Å². The van der Waals surface area contributed by atoms with Crippen LogP contribution in [0.25, 0.3) is 0 Å². The molecule has 0 spiro atoms. The molecule has 1 unspecified atom stereocenters. The number of rotatable bonds is 6. The summed E-state index contributed by atoms with van der Waals surface area (Å²) < 4.78 is 0. The largest absolute Gasteiger partial charge is 0.481 e. The number of aliphatic carboxylic acids is 1. The number of nitrogens with one attached hydrogen (secondary N) is 1. The van der Waals surface area contributed by atoms with E-state index in [4.69, 9.17) is 0 Å². The number of hydrogen-bond donors (Lipinski definition) is 2. The van der Waals surface area contributed by atoms with E-state index in [0.717, 1.165) is 19.4 Å². The average Bonchev–Trinajstić information content (AvgIpc) is 2.42. The van der Waals surface area contributed by atoms with Crippen LogP contribution in [0.5, 0.6) is 0 Å². The molecule has 0 aliphatic carbocycles. The summed E-state index contributed by atoms with van der Waals surface area (Å²) in [5, 5.41) is 12.3. The predicted octanol–water partition coefficient (Wildman–Crippen LogP) is 1.22. The molecule has 1 aliphatic rings. The van der Waals surface area contributed by atoms with Crippen LogP contribution >= 0.6 is 0 Å². The van der Waals surface area contributed by atoms with Gasteiger partial charge in [0.05, 0.1) is 5.41 Å². The monoisotopic (exact) mass is 285 g/mol. The third-order valence-electron chi connectivity index (χ3n) is 4.05. The maximum absolute atomic E-state index is 12.1. The van der Waals surface area contributed by atoms with Gasteiger partial charge in [-0.2, -0.15) is 0 Å². The number of carbonyl (C=O) groups is 2. The quantitative estimate of drug-likeness (QED) is 0.720. The van der Waals surface area contributed by atoms with Crippen molar-refractivity contribution in [3.05, 3.63) is 0 Å². The lowest BCUT2D eigenvalue weighted by Crippen LogP contribution is -2.52. The summed E-state index contributed by atoms with van der Waals surface area (Å²) in [5.41, 5.74) is -0.765. The van der Waals surface area contributed by atoms with Gasteiger partial charge in [-0.1, -0.05) is 6.92 Å². The Labute approximate surface area is 121 Å². The van der Waals surface area contributed by atoms with Crippen molar-refractivity contribution in [1.29, 1.82) is 0 Å². The Bertz CT molecular complexity index is 347. The summed E-state index contributed by atoms with van der Waals surface area (Å²) in [7, 11) is 3.99. The van der Waals surface area contributed by atoms with Gasteiger partial charge in [0.2, 0.25) is 0 Å². The van der Waals surface area contributed by atoms with Gasteiger partial charge in [-0.25, -0.2) is 4.79 Å². The van der Waals surface area contributed by atoms with Crippen LogP contribution in [0, 0.1) is 5.41 Å². The highest BCUT2D eigenvalue weighted by molar-refractivity contribution is 5.78. The van der Waals surface area contributed by atoms with Crippen molar-refractivity contribution in [3.63, 3.8) is 0 Å². The van der Waals surface area contributed by atoms with Gasteiger partial charge in [0, 0.05) is 19.6 Å². The van der Waals surface area contributed by atoms with E-state index in [1.165, 1.54) is 0 Å². The molecule has 1 heterocycles. The zero-order valence-corrected chi connectivity index (χ0v) is 12.8. The molecule has 0 aromatic rings. The number of urea groups is 1. The van der Waals surface area contributed by atoms with E-state index in [1.807, 2.05) is 21.0 Å². The van der Waals surface area contributed by atoms with Crippen LogP contribution in [0.15, 0.2) is 0 Å². The predicted molar refractivity (Wildman–Crippen MR) is 77.7 cm³/mol. The maximum atomic E-state index is 12.1. The van der Waals surface area contributed by atoms with Crippen LogP contribution in [-0.2, 0) is 4.79 Å². The van der Waals surface area contributed by atoms with E-state index < -0.39 is 11.4 Å². The Morgan fingerprint density at radius 2 is 2.10 bits per heavy atom. The number of hydrogen-bond acceptors (Lipinski definition) is 3. The number of carboxylic acids is 1. The molecule has 6 heteroatoms. The summed E-state index contributed by atoms with van der Waals surface area (Å²) in [5.74, 6) is -0.787. The molecule has 0 aromatic carbocycles. The Hall–Kier alpha value is -1.30. The van der Waals surface area contributed by atoms with Gasteiger partial charge >= 0.3 is 12.0 Å². The molecule has 6 nitrogen and oxygen atoms in total. The number of piperidine rings is 1. The lowest BCUT2D eigenvalue weighted by Gasteiger charge is -2.39. The second-order valence-corrected chi connectivity index (χ2v) is 5.85. The highest BCUT2D eigenvalue weighted by Gasteiger charge is 2.42. The number of nitrogens with zero attached hydrogens (tertiary/aromatic N) is 2. The molecule has 1 fully saturated rings. The number of amides is 2. The molecular weight excluding hydrogens is 258 g/mol. The third kappa shape index (κ3) is 4.37. The van der Waals surface area contributed by atoms with E-state index in [-0.39, 0.29) is 6.03 Å². The second-order valence-electron chi connectivity index (χ2n) is 5.85. The summed E-state index contributed by atoms with van der Waals surface area (Å²) in [6.45, 7) is 4.40. The molecule has 1 atom stereocenters. The van der Waals surface area contributed by atoms with Gasteiger partial charge in [-0.05, 0) is 46.3 Å². The van der Waals surface area contributed by atoms with Gasteiger partial charge in [0.25, 0.3) is 0 Å². The molecule has 2 amide bonds. The minimum absolute atomic E-state index is 0.137. The minimum atomic E-state index is -0.787.